The van der Waals surface area contributed by atoms with Crippen LogP contribution in [0, 0.1) is 0 Å². The molecule has 2 amide bonds. The van der Waals surface area contributed by atoms with Gasteiger partial charge in [-0.1, -0.05) is 49.7 Å². The topological polar surface area (TPSA) is 32.3 Å². The van der Waals surface area contributed by atoms with Gasteiger partial charge in [0.2, 0.25) is 0 Å². The van der Waals surface area contributed by atoms with Crippen molar-refractivity contribution in [1.29, 1.82) is 0 Å². The number of nitrogens with one attached hydrogen (secondary N) is 1. The lowest BCUT2D eigenvalue weighted by Crippen LogP contribution is -2.34. The monoisotopic (exact) mass is 360 g/mol. The normalized spacial score (nSPS) is 17.3. The third-order valence-corrected chi connectivity index (χ3v) is 5.65. The molecule has 0 saturated carbocycles. The zero-order valence-corrected chi connectivity index (χ0v) is 15.4. The van der Waals surface area contributed by atoms with E-state index in [0.29, 0.717) is 10.9 Å². The number of urea groups is 1. The van der Waals surface area contributed by atoms with Crippen LogP contribution in [-0.2, 0) is 0 Å². The largest absolute Gasteiger partial charge is 0.323 e. The molecule has 1 fully saturated rings. The SMILES string of the molecule is CC(C)c1ccc([C@H]2SCCN2C(=O)Nc2ccc(Cl)cc2)cc1. The van der Waals surface area contributed by atoms with Crippen molar-refractivity contribution < 1.29 is 4.79 Å². The van der Waals surface area contributed by atoms with Crippen LogP contribution in [0.5, 0.6) is 0 Å². The van der Waals surface area contributed by atoms with Crippen molar-refractivity contribution >= 4 is 35.1 Å². The van der Waals surface area contributed by atoms with Crippen molar-refractivity contribution in [2.45, 2.75) is 25.1 Å². The molecule has 1 saturated heterocycles. The molecule has 3 rings (SSSR count). The Labute approximate surface area is 152 Å². The Morgan fingerprint density at radius 1 is 1.17 bits per heavy atom. The van der Waals surface area contributed by atoms with Crippen LogP contribution in [0.15, 0.2) is 48.5 Å². The van der Waals surface area contributed by atoms with Crippen LogP contribution in [0.2, 0.25) is 5.02 Å². The fourth-order valence-corrected chi connectivity index (χ4v) is 4.11. The van der Waals surface area contributed by atoms with Gasteiger partial charge in [-0.15, -0.1) is 11.8 Å². The van der Waals surface area contributed by atoms with Gasteiger partial charge in [-0.25, -0.2) is 4.79 Å². The molecule has 1 N–H and O–H groups in total. The molecule has 24 heavy (non-hydrogen) atoms. The Balaban J connectivity index is 1.72. The Morgan fingerprint density at radius 3 is 2.46 bits per heavy atom. The third-order valence-electron chi connectivity index (χ3n) is 4.14. The maximum atomic E-state index is 12.6. The van der Waals surface area contributed by atoms with E-state index < -0.39 is 0 Å². The molecular weight excluding hydrogens is 340 g/mol. The van der Waals surface area contributed by atoms with Crippen molar-refractivity contribution in [2.24, 2.45) is 0 Å². The van der Waals surface area contributed by atoms with E-state index in [1.165, 1.54) is 11.1 Å². The summed E-state index contributed by atoms with van der Waals surface area (Å²) in [5, 5.41) is 3.68. The van der Waals surface area contributed by atoms with Gasteiger partial charge in [0.25, 0.3) is 0 Å². The molecule has 0 aliphatic carbocycles. The second-order valence-corrected chi connectivity index (χ2v) is 7.80. The van der Waals surface area contributed by atoms with Crippen LogP contribution in [0.3, 0.4) is 0 Å². The number of amides is 2. The molecule has 1 atom stereocenters. The van der Waals surface area contributed by atoms with Gasteiger partial charge in [-0.05, 0) is 41.3 Å². The predicted octanol–water partition coefficient (Wildman–Crippen LogP) is 5.74. The van der Waals surface area contributed by atoms with Gasteiger partial charge in [0, 0.05) is 23.0 Å². The number of nitrogens with zero attached hydrogens (tertiary/aromatic N) is 1. The Hall–Kier alpha value is -1.65. The van der Waals surface area contributed by atoms with E-state index in [4.69, 9.17) is 11.6 Å². The highest BCUT2D eigenvalue weighted by Crippen LogP contribution is 2.38. The van der Waals surface area contributed by atoms with Crippen LogP contribution in [0.4, 0.5) is 10.5 Å². The average molecular weight is 361 g/mol. The second-order valence-electron chi connectivity index (χ2n) is 6.17. The number of halogens is 1. The number of hydrogen-bond acceptors (Lipinski definition) is 2. The molecule has 5 heteroatoms. The zero-order chi connectivity index (χ0) is 17.1. The van der Waals surface area contributed by atoms with Crippen LogP contribution in [0.25, 0.3) is 0 Å². The van der Waals surface area contributed by atoms with Crippen LogP contribution in [-0.4, -0.2) is 23.2 Å². The van der Waals surface area contributed by atoms with Gasteiger partial charge in [0.1, 0.15) is 5.37 Å². The summed E-state index contributed by atoms with van der Waals surface area (Å²) in [7, 11) is 0. The lowest BCUT2D eigenvalue weighted by Gasteiger charge is -2.24. The van der Waals surface area contributed by atoms with Crippen LogP contribution >= 0.6 is 23.4 Å². The lowest BCUT2D eigenvalue weighted by atomic mass is 10.0. The van der Waals surface area contributed by atoms with Crippen molar-refractivity contribution in [2.75, 3.05) is 17.6 Å². The third kappa shape index (κ3) is 3.87. The molecule has 1 aliphatic rings. The summed E-state index contributed by atoms with van der Waals surface area (Å²) >= 11 is 7.69. The number of carbonyl (C=O) groups excluding carboxylic acids is 1. The summed E-state index contributed by atoms with van der Waals surface area (Å²) in [4.78, 5) is 14.5. The first-order chi connectivity index (χ1) is 11.5. The quantitative estimate of drug-likeness (QED) is 0.756. The van der Waals surface area contributed by atoms with Gasteiger partial charge >= 0.3 is 6.03 Å². The van der Waals surface area contributed by atoms with E-state index in [1.54, 1.807) is 23.9 Å². The molecule has 1 heterocycles. The molecule has 0 bridgehead atoms. The average Bonchev–Trinajstić information content (AvgIpc) is 3.07. The van der Waals surface area contributed by atoms with E-state index in [-0.39, 0.29) is 11.4 Å². The number of benzene rings is 2. The predicted molar refractivity (Wildman–Crippen MR) is 103 cm³/mol. The molecule has 0 spiro atoms. The number of anilines is 1. The highest BCUT2D eigenvalue weighted by molar-refractivity contribution is 7.99. The van der Waals surface area contributed by atoms with Crippen molar-refractivity contribution in [3.8, 4) is 0 Å². The fourth-order valence-electron chi connectivity index (χ4n) is 2.73. The zero-order valence-electron chi connectivity index (χ0n) is 13.8. The van der Waals surface area contributed by atoms with Gasteiger partial charge < -0.3 is 10.2 Å². The maximum absolute atomic E-state index is 12.6. The standard InChI is InChI=1S/C19H21ClN2OS/c1-13(2)14-3-5-15(6-4-14)18-22(11-12-24-18)19(23)21-17-9-7-16(20)8-10-17/h3-10,13,18H,11-12H2,1-2H3,(H,21,23)/t18-/m1/s1. The van der Waals surface area contributed by atoms with Gasteiger partial charge in [0.15, 0.2) is 0 Å². The molecular formula is C19H21ClN2OS. The minimum absolute atomic E-state index is 0.0681. The number of hydrogen-bond donors (Lipinski definition) is 1. The van der Waals surface area contributed by atoms with Crippen molar-refractivity contribution in [3.05, 3.63) is 64.7 Å². The van der Waals surface area contributed by atoms with Gasteiger partial charge in [-0.2, -0.15) is 0 Å². The smallest absolute Gasteiger partial charge is 0.308 e. The molecule has 2 aromatic rings. The minimum Gasteiger partial charge on any atom is -0.308 e. The lowest BCUT2D eigenvalue weighted by molar-refractivity contribution is 0.214. The first kappa shape index (κ1) is 17.2. The molecule has 0 radical (unpaired) electrons. The van der Waals surface area contributed by atoms with E-state index in [2.05, 4.69) is 43.4 Å². The summed E-state index contributed by atoms with van der Waals surface area (Å²) in [5.41, 5.74) is 3.25. The molecule has 3 nitrogen and oxygen atoms in total. The van der Waals surface area contributed by atoms with Crippen LogP contribution < -0.4 is 5.32 Å². The van der Waals surface area contributed by atoms with E-state index in [1.807, 2.05) is 17.0 Å². The summed E-state index contributed by atoms with van der Waals surface area (Å²) in [6, 6.07) is 15.7. The van der Waals surface area contributed by atoms with Gasteiger partial charge in [0.05, 0.1) is 0 Å². The number of carbonyl (C=O) groups is 1. The molecule has 126 valence electrons. The second kappa shape index (κ2) is 7.49. The van der Waals surface area contributed by atoms with E-state index in [9.17, 15) is 4.79 Å². The summed E-state index contributed by atoms with van der Waals surface area (Å²) in [5.74, 6) is 1.46. The molecule has 1 aliphatic heterocycles. The first-order valence-corrected chi connectivity index (χ1v) is 9.52. The highest BCUT2D eigenvalue weighted by atomic mass is 35.5. The molecule has 2 aromatic carbocycles. The molecule has 0 aromatic heterocycles. The highest BCUT2D eigenvalue weighted by Gasteiger charge is 2.30. The van der Waals surface area contributed by atoms with E-state index >= 15 is 0 Å². The first-order valence-electron chi connectivity index (χ1n) is 8.09. The Kier molecular flexibility index (Phi) is 5.36. The Bertz CT molecular complexity index is 700. The van der Waals surface area contributed by atoms with Crippen molar-refractivity contribution in [1.82, 2.24) is 4.90 Å². The van der Waals surface area contributed by atoms with Crippen LogP contribution in [0.1, 0.15) is 36.3 Å². The summed E-state index contributed by atoms with van der Waals surface area (Å²) < 4.78 is 0. The van der Waals surface area contributed by atoms with Crippen molar-refractivity contribution in [3.63, 3.8) is 0 Å². The fraction of sp³-hybridized carbons (Fsp3) is 0.316. The summed E-state index contributed by atoms with van der Waals surface area (Å²) in [6.45, 7) is 5.12. The number of rotatable bonds is 3. The minimum atomic E-state index is -0.0692. The molecule has 0 unspecified atom stereocenters. The van der Waals surface area contributed by atoms with Gasteiger partial charge in [-0.3, -0.25) is 0 Å². The number of thioether (sulfide) groups is 1. The van der Waals surface area contributed by atoms with E-state index in [0.717, 1.165) is 18.0 Å². The summed E-state index contributed by atoms with van der Waals surface area (Å²) in [6.07, 6.45) is 0. The Morgan fingerprint density at radius 2 is 1.83 bits per heavy atom. The maximum Gasteiger partial charge on any atom is 0.323 e.